The summed E-state index contributed by atoms with van der Waals surface area (Å²) in [6.45, 7) is 3.82. The van der Waals surface area contributed by atoms with E-state index in [0.717, 1.165) is 25.9 Å². The first-order chi connectivity index (χ1) is 7.50. The molecule has 1 aliphatic heterocycles. The number of amides is 1. The second kappa shape index (κ2) is 4.34. The Hall–Kier alpha value is -0.610. The third-order valence-corrected chi connectivity index (χ3v) is 4.19. The van der Waals surface area contributed by atoms with Gasteiger partial charge in [-0.1, -0.05) is 0 Å². The van der Waals surface area contributed by atoms with Gasteiger partial charge in [-0.15, -0.1) is 0 Å². The number of carbonyl (C=O) groups is 1. The number of carbonyl (C=O) groups excluding carboxylic acids is 1. The molecule has 1 saturated carbocycles. The molecule has 0 radical (unpaired) electrons. The molecule has 4 unspecified atom stereocenters. The van der Waals surface area contributed by atoms with Gasteiger partial charge in [-0.05, 0) is 25.7 Å². The molecule has 4 atom stereocenters. The second-order valence-corrected chi connectivity index (χ2v) is 5.43. The van der Waals surface area contributed by atoms with Crippen molar-refractivity contribution in [2.45, 2.75) is 31.9 Å². The number of aliphatic hydroxyl groups is 1. The van der Waals surface area contributed by atoms with Crippen LogP contribution in [0.2, 0.25) is 0 Å². The van der Waals surface area contributed by atoms with Crippen LogP contribution >= 0.6 is 0 Å². The van der Waals surface area contributed by atoms with Crippen LogP contribution in [0.1, 0.15) is 19.8 Å². The Kier molecular flexibility index (Phi) is 3.22. The van der Waals surface area contributed by atoms with Gasteiger partial charge in [0.2, 0.25) is 5.91 Å². The molecule has 2 rings (SSSR count). The average Bonchev–Trinajstić information content (AvgIpc) is 2.79. The van der Waals surface area contributed by atoms with E-state index in [-0.39, 0.29) is 18.1 Å². The first kappa shape index (κ1) is 11.9. The van der Waals surface area contributed by atoms with E-state index in [0.29, 0.717) is 11.8 Å². The number of hydrogen-bond donors (Lipinski definition) is 1. The average molecular weight is 226 g/mol. The van der Waals surface area contributed by atoms with Gasteiger partial charge in [-0.25, -0.2) is 0 Å². The summed E-state index contributed by atoms with van der Waals surface area (Å²) in [6, 6.07) is -0.0483. The van der Waals surface area contributed by atoms with Crippen LogP contribution in [0.4, 0.5) is 0 Å². The van der Waals surface area contributed by atoms with Crippen LogP contribution in [-0.2, 0) is 4.79 Å². The molecule has 1 heterocycles. The normalized spacial score (nSPS) is 36.1. The molecule has 4 nitrogen and oxygen atoms in total. The number of rotatable bonds is 2. The molecule has 0 aromatic heterocycles. The smallest absolute Gasteiger partial charge is 0.239 e. The molecule has 2 aliphatic rings. The molecular weight excluding hydrogens is 204 g/mol. The zero-order chi connectivity index (χ0) is 11.9. The number of likely N-dealkylation sites (N-methyl/N-ethyl adjacent to an activating group) is 1. The quantitative estimate of drug-likeness (QED) is 0.730. The summed E-state index contributed by atoms with van der Waals surface area (Å²) in [7, 11) is 3.59. The zero-order valence-corrected chi connectivity index (χ0v) is 10.4. The molecule has 0 spiro atoms. The van der Waals surface area contributed by atoms with Crippen molar-refractivity contribution in [1.82, 2.24) is 9.80 Å². The SMILES string of the molecule is CC(C(=O)N(C)C)N1CC2CCC(O)C2C1. The Balaban J connectivity index is 1.96. The van der Waals surface area contributed by atoms with Crippen LogP contribution in [0.25, 0.3) is 0 Å². The first-order valence-electron chi connectivity index (χ1n) is 6.14. The Morgan fingerprint density at radius 2 is 2.06 bits per heavy atom. The van der Waals surface area contributed by atoms with E-state index in [2.05, 4.69) is 4.90 Å². The first-order valence-corrected chi connectivity index (χ1v) is 6.14. The van der Waals surface area contributed by atoms with Gasteiger partial charge in [0.1, 0.15) is 0 Å². The van der Waals surface area contributed by atoms with Crippen LogP contribution in [0.5, 0.6) is 0 Å². The molecular formula is C12H22N2O2. The molecule has 92 valence electrons. The monoisotopic (exact) mass is 226 g/mol. The van der Waals surface area contributed by atoms with Crippen molar-refractivity contribution < 1.29 is 9.90 Å². The number of nitrogens with zero attached hydrogens (tertiary/aromatic N) is 2. The summed E-state index contributed by atoms with van der Waals surface area (Å²) in [5.74, 6) is 1.17. The number of aliphatic hydroxyl groups excluding tert-OH is 1. The molecule has 0 aromatic carbocycles. The van der Waals surface area contributed by atoms with E-state index in [1.54, 1.807) is 19.0 Å². The predicted molar refractivity (Wildman–Crippen MR) is 61.9 cm³/mol. The fourth-order valence-electron chi connectivity index (χ4n) is 3.12. The lowest BCUT2D eigenvalue weighted by atomic mass is 10.00. The van der Waals surface area contributed by atoms with Gasteiger partial charge in [0, 0.05) is 33.1 Å². The topological polar surface area (TPSA) is 43.8 Å². The zero-order valence-electron chi connectivity index (χ0n) is 10.4. The number of fused-ring (bicyclic) bond motifs is 1. The molecule has 0 bridgehead atoms. The summed E-state index contributed by atoms with van der Waals surface area (Å²) < 4.78 is 0. The lowest BCUT2D eigenvalue weighted by molar-refractivity contribution is -0.133. The minimum Gasteiger partial charge on any atom is -0.393 e. The van der Waals surface area contributed by atoms with Gasteiger partial charge in [-0.3, -0.25) is 9.69 Å². The highest BCUT2D eigenvalue weighted by atomic mass is 16.3. The van der Waals surface area contributed by atoms with Gasteiger partial charge in [0.15, 0.2) is 0 Å². The Morgan fingerprint density at radius 1 is 1.38 bits per heavy atom. The van der Waals surface area contributed by atoms with E-state index in [1.165, 1.54) is 0 Å². The largest absolute Gasteiger partial charge is 0.393 e. The van der Waals surface area contributed by atoms with Gasteiger partial charge in [-0.2, -0.15) is 0 Å². The number of likely N-dealkylation sites (tertiary alicyclic amines) is 1. The van der Waals surface area contributed by atoms with Gasteiger partial charge in [0.05, 0.1) is 12.1 Å². The van der Waals surface area contributed by atoms with E-state index in [9.17, 15) is 9.90 Å². The number of hydrogen-bond acceptors (Lipinski definition) is 3. The van der Waals surface area contributed by atoms with Crippen LogP contribution in [0.15, 0.2) is 0 Å². The fraction of sp³-hybridized carbons (Fsp3) is 0.917. The second-order valence-electron chi connectivity index (χ2n) is 5.43. The van der Waals surface area contributed by atoms with Crippen LogP contribution in [-0.4, -0.2) is 60.1 Å². The van der Waals surface area contributed by atoms with Crippen LogP contribution in [0.3, 0.4) is 0 Å². The van der Waals surface area contributed by atoms with Crippen LogP contribution < -0.4 is 0 Å². The van der Waals surface area contributed by atoms with Crippen molar-refractivity contribution in [3.05, 3.63) is 0 Å². The third-order valence-electron chi connectivity index (χ3n) is 4.19. The van der Waals surface area contributed by atoms with E-state index < -0.39 is 0 Å². The van der Waals surface area contributed by atoms with Crippen molar-refractivity contribution in [2.75, 3.05) is 27.2 Å². The van der Waals surface area contributed by atoms with Crippen molar-refractivity contribution >= 4 is 5.91 Å². The maximum Gasteiger partial charge on any atom is 0.239 e. The van der Waals surface area contributed by atoms with Crippen molar-refractivity contribution in [2.24, 2.45) is 11.8 Å². The molecule has 2 fully saturated rings. The molecule has 16 heavy (non-hydrogen) atoms. The van der Waals surface area contributed by atoms with Gasteiger partial charge < -0.3 is 10.0 Å². The van der Waals surface area contributed by atoms with E-state index >= 15 is 0 Å². The minimum atomic E-state index is -0.142. The standard InChI is InChI=1S/C12H22N2O2/c1-8(12(16)13(2)3)14-6-9-4-5-11(15)10(9)7-14/h8-11,15H,4-7H2,1-3H3. The Labute approximate surface area is 97.2 Å². The van der Waals surface area contributed by atoms with Gasteiger partial charge in [0.25, 0.3) is 0 Å². The van der Waals surface area contributed by atoms with Crippen molar-refractivity contribution in [1.29, 1.82) is 0 Å². The van der Waals surface area contributed by atoms with Crippen molar-refractivity contribution in [3.8, 4) is 0 Å². The molecule has 0 aromatic rings. The maximum atomic E-state index is 11.9. The molecule has 1 N–H and O–H groups in total. The highest BCUT2D eigenvalue weighted by Gasteiger charge is 2.44. The Morgan fingerprint density at radius 3 is 2.62 bits per heavy atom. The third kappa shape index (κ3) is 1.96. The lowest BCUT2D eigenvalue weighted by Crippen LogP contribution is -2.44. The lowest BCUT2D eigenvalue weighted by Gasteiger charge is -2.26. The fourth-order valence-corrected chi connectivity index (χ4v) is 3.12. The van der Waals surface area contributed by atoms with Crippen LogP contribution in [0, 0.1) is 11.8 Å². The van der Waals surface area contributed by atoms with E-state index in [4.69, 9.17) is 0 Å². The summed E-state index contributed by atoms with van der Waals surface area (Å²) in [4.78, 5) is 15.7. The highest BCUT2D eigenvalue weighted by molar-refractivity contribution is 5.81. The molecule has 1 amide bonds. The predicted octanol–water partition coefficient (Wildman–Crippen LogP) is 0.166. The molecule has 1 saturated heterocycles. The summed E-state index contributed by atoms with van der Waals surface area (Å²) in [5.41, 5.74) is 0. The van der Waals surface area contributed by atoms with E-state index in [1.807, 2.05) is 6.92 Å². The maximum absolute atomic E-state index is 11.9. The highest BCUT2D eigenvalue weighted by Crippen LogP contribution is 2.38. The van der Waals surface area contributed by atoms with Crippen molar-refractivity contribution in [3.63, 3.8) is 0 Å². The summed E-state index contributed by atoms with van der Waals surface area (Å²) in [6.07, 6.45) is 1.92. The van der Waals surface area contributed by atoms with Gasteiger partial charge >= 0.3 is 0 Å². The Bertz CT molecular complexity index is 280. The molecule has 1 aliphatic carbocycles. The summed E-state index contributed by atoms with van der Waals surface area (Å²) >= 11 is 0. The molecule has 4 heteroatoms. The minimum absolute atomic E-state index is 0.0483. The summed E-state index contributed by atoms with van der Waals surface area (Å²) in [5, 5.41) is 9.82.